The smallest absolute Gasteiger partial charge is 0.368 e. The van der Waals surface area contributed by atoms with Gasteiger partial charge in [-0.1, -0.05) is 12.1 Å². The molecule has 4 nitrogen and oxygen atoms in total. The van der Waals surface area contributed by atoms with Gasteiger partial charge in [0.25, 0.3) is 0 Å². The number of nitrogens with one attached hydrogen (secondary N) is 2. The molecule has 1 aromatic carbocycles. The molecule has 0 bridgehead atoms. The second-order valence-electron chi connectivity index (χ2n) is 5.24. The van der Waals surface area contributed by atoms with E-state index in [9.17, 15) is 18.0 Å². The molecular weight excluding hydrogens is 297 g/mol. The first-order valence-electron chi connectivity index (χ1n) is 7.20. The Labute approximate surface area is 127 Å². The van der Waals surface area contributed by atoms with Crippen LogP contribution in [0.4, 0.5) is 13.2 Å². The van der Waals surface area contributed by atoms with Crippen molar-refractivity contribution in [1.29, 1.82) is 0 Å². The standard InChI is InChI=1S/C15H19F3N2O2/c16-15(17,18)12-3-1-2-11(8-12)9-20-14(21)10-22-13-4-6-19-7-5-13/h1-3,8,13,19H,4-7,9-10H2,(H,20,21). The SMILES string of the molecule is O=C(COC1CCNCC1)NCc1cccc(C(F)(F)F)c1. The number of piperidine rings is 1. The van der Waals surface area contributed by atoms with E-state index >= 15 is 0 Å². The third-order valence-corrected chi connectivity index (χ3v) is 3.48. The molecule has 0 saturated carbocycles. The first-order valence-corrected chi connectivity index (χ1v) is 7.20. The maximum absolute atomic E-state index is 12.6. The zero-order chi connectivity index (χ0) is 16.0. The normalized spacial score (nSPS) is 16.5. The Morgan fingerprint density at radius 3 is 2.73 bits per heavy atom. The third-order valence-electron chi connectivity index (χ3n) is 3.48. The molecule has 0 atom stereocenters. The molecule has 22 heavy (non-hydrogen) atoms. The van der Waals surface area contributed by atoms with Crippen molar-refractivity contribution in [2.75, 3.05) is 19.7 Å². The van der Waals surface area contributed by atoms with E-state index in [1.165, 1.54) is 6.07 Å². The van der Waals surface area contributed by atoms with E-state index in [2.05, 4.69) is 10.6 Å². The van der Waals surface area contributed by atoms with Crippen molar-refractivity contribution >= 4 is 5.91 Å². The van der Waals surface area contributed by atoms with Crippen molar-refractivity contribution in [2.45, 2.75) is 31.7 Å². The first-order chi connectivity index (χ1) is 10.4. The first kappa shape index (κ1) is 16.8. The van der Waals surface area contributed by atoms with Crippen molar-refractivity contribution in [2.24, 2.45) is 0 Å². The predicted octanol–water partition coefficient (Wildman–Crippen LogP) is 2.09. The van der Waals surface area contributed by atoms with Gasteiger partial charge in [-0.15, -0.1) is 0 Å². The van der Waals surface area contributed by atoms with Crippen LogP contribution in [0.2, 0.25) is 0 Å². The minimum Gasteiger partial charge on any atom is -0.368 e. The van der Waals surface area contributed by atoms with Crippen molar-refractivity contribution in [1.82, 2.24) is 10.6 Å². The van der Waals surface area contributed by atoms with E-state index in [1.54, 1.807) is 6.07 Å². The van der Waals surface area contributed by atoms with Gasteiger partial charge in [0.1, 0.15) is 6.61 Å². The van der Waals surface area contributed by atoms with Gasteiger partial charge in [-0.25, -0.2) is 0 Å². The third kappa shape index (κ3) is 5.31. The molecule has 1 aliphatic rings. The zero-order valence-electron chi connectivity index (χ0n) is 12.1. The van der Waals surface area contributed by atoms with E-state index < -0.39 is 11.7 Å². The van der Waals surface area contributed by atoms with Crippen LogP contribution in [0.5, 0.6) is 0 Å². The molecule has 7 heteroatoms. The van der Waals surface area contributed by atoms with E-state index in [4.69, 9.17) is 4.74 Å². The Morgan fingerprint density at radius 1 is 1.32 bits per heavy atom. The number of carbonyl (C=O) groups excluding carboxylic acids is 1. The van der Waals surface area contributed by atoms with E-state index in [0.717, 1.165) is 38.1 Å². The molecule has 1 amide bonds. The second-order valence-corrected chi connectivity index (χ2v) is 5.24. The molecule has 0 aromatic heterocycles. The molecule has 2 rings (SSSR count). The van der Waals surface area contributed by atoms with Gasteiger partial charge in [0.2, 0.25) is 5.91 Å². The molecular formula is C15H19F3N2O2. The quantitative estimate of drug-likeness (QED) is 0.874. The summed E-state index contributed by atoms with van der Waals surface area (Å²) in [5.41, 5.74) is -0.310. The molecule has 1 saturated heterocycles. The fourth-order valence-electron chi connectivity index (χ4n) is 2.26. The monoisotopic (exact) mass is 316 g/mol. The van der Waals surface area contributed by atoms with Gasteiger partial charge in [0, 0.05) is 6.54 Å². The van der Waals surface area contributed by atoms with Crippen LogP contribution in [0.15, 0.2) is 24.3 Å². The molecule has 1 fully saturated rings. The van der Waals surface area contributed by atoms with E-state index in [0.29, 0.717) is 5.56 Å². The lowest BCUT2D eigenvalue weighted by atomic mass is 10.1. The fourth-order valence-corrected chi connectivity index (χ4v) is 2.26. The minimum absolute atomic E-state index is 0.0539. The summed E-state index contributed by atoms with van der Waals surface area (Å²) in [6.07, 6.45) is -2.58. The number of alkyl halides is 3. The molecule has 0 radical (unpaired) electrons. The Balaban J connectivity index is 1.76. The predicted molar refractivity (Wildman–Crippen MR) is 75.1 cm³/mol. The molecule has 1 aliphatic heterocycles. The highest BCUT2D eigenvalue weighted by Crippen LogP contribution is 2.29. The van der Waals surface area contributed by atoms with Gasteiger partial charge in [0.15, 0.2) is 0 Å². The largest absolute Gasteiger partial charge is 0.416 e. The van der Waals surface area contributed by atoms with Gasteiger partial charge in [-0.3, -0.25) is 4.79 Å². The average Bonchev–Trinajstić information content (AvgIpc) is 2.51. The number of amides is 1. The van der Waals surface area contributed by atoms with E-state index in [1.807, 2.05) is 0 Å². The number of halogens is 3. The van der Waals surface area contributed by atoms with Gasteiger partial charge < -0.3 is 15.4 Å². The Hall–Kier alpha value is -1.60. The Morgan fingerprint density at radius 2 is 2.05 bits per heavy atom. The maximum atomic E-state index is 12.6. The Kier molecular flexibility index (Phi) is 5.79. The summed E-state index contributed by atoms with van der Waals surface area (Å²) in [6.45, 7) is 1.73. The number of rotatable bonds is 5. The number of hydrogen-bond acceptors (Lipinski definition) is 3. The average molecular weight is 316 g/mol. The highest BCUT2D eigenvalue weighted by atomic mass is 19.4. The van der Waals surface area contributed by atoms with Gasteiger partial charge in [-0.05, 0) is 43.6 Å². The number of carbonyl (C=O) groups is 1. The van der Waals surface area contributed by atoms with Crippen LogP contribution in [0.25, 0.3) is 0 Å². The van der Waals surface area contributed by atoms with Crippen molar-refractivity contribution in [3.63, 3.8) is 0 Å². The summed E-state index contributed by atoms with van der Waals surface area (Å²) in [5, 5.41) is 5.76. The lowest BCUT2D eigenvalue weighted by Gasteiger charge is -2.22. The summed E-state index contributed by atoms with van der Waals surface area (Å²) in [4.78, 5) is 11.7. The number of ether oxygens (including phenoxy) is 1. The van der Waals surface area contributed by atoms with Crippen LogP contribution in [-0.2, 0) is 22.3 Å². The summed E-state index contributed by atoms with van der Waals surface area (Å²) >= 11 is 0. The van der Waals surface area contributed by atoms with Crippen molar-refractivity contribution in [3.8, 4) is 0 Å². The van der Waals surface area contributed by atoms with Gasteiger partial charge in [-0.2, -0.15) is 13.2 Å². The molecule has 1 heterocycles. The molecule has 0 aliphatic carbocycles. The highest BCUT2D eigenvalue weighted by molar-refractivity contribution is 5.77. The van der Waals surface area contributed by atoms with Crippen molar-refractivity contribution in [3.05, 3.63) is 35.4 Å². The number of hydrogen-bond donors (Lipinski definition) is 2. The van der Waals surface area contributed by atoms with Crippen LogP contribution < -0.4 is 10.6 Å². The molecule has 0 unspecified atom stereocenters. The van der Waals surface area contributed by atoms with E-state index in [-0.39, 0.29) is 25.2 Å². The van der Waals surface area contributed by atoms with Gasteiger partial charge >= 0.3 is 6.18 Å². The molecule has 1 aromatic rings. The maximum Gasteiger partial charge on any atom is 0.416 e. The summed E-state index contributed by atoms with van der Waals surface area (Å²) in [6, 6.07) is 4.92. The second kappa shape index (κ2) is 7.60. The summed E-state index contributed by atoms with van der Waals surface area (Å²) in [7, 11) is 0. The summed E-state index contributed by atoms with van der Waals surface area (Å²) in [5.74, 6) is -0.323. The zero-order valence-corrected chi connectivity index (χ0v) is 12.1. The lowest BCUT2D eigenvalue weighted by molar-refractivity contribution is -0.137. The Bertz CT molecular complexity index is 500. The molecule has 0 spiro atoms. The molecule has 2 N–H and O–H groups in total. The van der Waals surface area contributed by atoms with Crippen LogP contribution in [0.1, 0.15) is 24.0 Å². The van der Waals surface area contributed by atoms with Crippen LogP contribution in [0, 0.1) is 0 Å². The van der Waals surface area contributed by atoms with Crippen LogP contribution in [0.3, 0.4) is 0 Å². The van der Waals surface area contributed by atoms with Gasteiger partial charge in [0.05, 0.1) is 11.7 Å². The van der Waals surface area contributed by atoms with Crippen LogP contribution in [-0.4, -0.2) is 31.7 Å². The minimum atomic E-state index is -4.38. The van der Waals surface area contributed by atoms with Crippen LogP contribution >= 0.6 is 0 Å². The lowest BCUT2D eigenvalue weighted by Crippen LogP contribution is -2.35. The number of benzene rings is 1. The fraction of sp³-hybridized carbons (Fsp3) is 0.533. The molecule has 122 valence electrons. The summed E-state index contributed by atoms with van der Waals surface area (Å²) < 4.78 is 43.2. The van der Waals surface area contributed by atoms with Crippen molar-refractivity contribution < 1.29 is 22.7 Å². The highest BCUT2D eigenvalue weighted by Gasteiger charge is 2.30. The topological polar surface area (TPSA) is 50.4 Å².